The monoisotopic (exact) mass is 293 g/mol. The van der Waals surface area contributed by atoms with Gasteiger partial charge in [-0.15, -0.1) is 10.2 Å². The molecule has 0 amide bonds. The van der Waals surface area contributed by atoms with E-state index < -0.39 is 0 Å². The minimum atomic E-state index is 0.586. The topological polar surface area (TPSA) is 50.9 Å². The molecule has 21 heavy (non-hydrogen) atoms. The maximum atomic E-state index is 5.42. The molecule has 4 rings (SSSR count). The molecule has 0 unspecified atom stereocenters. The Balaban J connectivity index is 1.99. The summed E-state index contributed by atoms with van der Waals surface area (Å²) in [6.07, 6.45) is 0. The van der Waals surface area contributed by atoms with Gasteiger partial charge in [0.2, 0.25) is 0 Å². The second-order valence-corrected chi connectivity index (χ2v) is 5.00. The van der Waals surface area contributed by atoms with Crippen LogP contribution in [0.2, 0.25) is 0 Å². The maximum absolute atomic E-state index is 5.42. The fourth-order valence-electron chi connectivity index (χ4n) is 2.34. The largest absolute Gasteiger partial charge is 0.264 e. The number of hydrogen-bond acceptors (Lipinski definition) is 3. The molecule has 0 saturated heterocycles. The normalized spacial score (nSPS) is 11.0. The molecule has 0 aliphatic heterocycles. The lowest BCUT2D eigenvalue weighted by Gasteiger charge is -1.99. The van der Waals surface area contributed by atoms with Crippen LogP contribution < -0.4 is 0 Å². The van der Waals surface area contributed by atoms with Gasteiger partial charge in [0.1, 0.15) is 0 Å². The summed E-state index contributed by atoms with van der Waals surface area (Å²) in [7, 11) is 0. The number of hydrogen-bond donors (Lipinski definition) is 1. The maximum Gasteiger partial charge on any atom is 0.257 e. The molecule has 2 aromatic carbocycles. The highest BCUT2D eigenvalue weighted by Crippen LogP contribution is 2.19. The van der Waals surface area contributed by atoms with E-state index in [-0.39, 0.29) is 0 Å². The standard InChI is InChI=1S/C15H11N5S/c21-15-18-20-13(11-7-3-1-4-8-11)16-17-14(20)19(15)12-9-5-2-6-10-12/h1-10H,(H,18,21). The van der Waals surface area contributed by atoms with E-state index in [0.717, 1.165) is 17.1 Å². The summed E-state index contributed by atoms with van der Waals surface area (Å²) >= 11 is 5.42. The molecule has 0 aliphatic carbocycles. The molecule has 6 heteroatoms. The molecular formula is C15H11N5S. The van der Waals surface area contributed by atoms with Gasteiger partial charge in [0.25, 0.3) is 5.78 Å². The zero-order valence-corrected chi connectivity index (χ0v) is 11.8. The van der Waals surface area contributed by atoms with Gasteiger partial charge in [-0.25, -0.2) is 0 Å². The smallest absolute Gasteiger partial charge is 0.257 e. The first-order valence-corrected chi connectivity index (χ1v) is 6.92. The lowest BCUT2D eigenvalue weighted by atomic mass is 10.2. The van der Waals surface area contributed by atoms with Gasteiger partial charge in [0.05, 0.1) is 5.69 Å². The second-order valence-electron chi connectivity index (χ2n) is 4.61. The van der Waals surface area contributed by atoms with Crippen molar-refractivity contribution in [2.24, 2.45) is 0 Å². The molecular weight excluding hydrogens is 282 g/mol. The third-order valence-corrected chi connectivity index (χ3v) is 3.58. The molecule has 0 spiro atoms. The Kier molecular flexibility index (Phi) is 2.68. The number of benzene rings is 2. The van der Waals surface area contributed by atoms with Crippen LogP contribution in [-0.4, -0.2) is 24.4 Å². The van der Waals surface area contributed by atoms with E-state index in [9.17, 15) is 0 Å². The van der Waals surface area contributed by atoms with Crippen molar-refractivity contribution in [3.63, 3.8) is 0 Å². The molecule has 2 aromatic heterocycles. The lowest BCUT2D eigenvalue weighted by Crippen LogP contribution is -1.94. The fraction of sp³-hybridized carbons (Fsp3) is 0. The van der Waals surface area contributed by atoms with Crippen molar-refractivity contribution in [2.45, 2.75) is 0 Å². The van der Waals surface area contributed by atoms with Crippen molar-refractivity contribution in [3.05, 3.63) is 65.4 Å². The minimum absolute atomic E-state index is 0.586. The molecule has 0 saturated carbocycles. The summed E-state index contributed by atoms with van der Waals surface area (Å²) in [4.78, 5) is 0. The highest BCUT2D eigenvalue weighted by Gasteiger charge is 2.14. The highest BCUT2D eigenvalue weighted by molar-refractivity contribution is 7.71. The van der Waals surface area contributed by atoms with Crippen LogP contribution >= 0.6 is 12.2 Å². The van der Waals surface area contributed by atoms with E-state index in [4.69, 9.17) is 12.2 Å². The highest BCUT2D eigenvalue weighted by atomic mass is 32.1. The third-order valence-electron chi connectivity index (χ3n) is 3.30. The van der Waals surface area contributed by atoms with Gasteiger partial charge in [0.15, 0.2) is 10.6 Å². The summed E-state index contributed by atoms with van der Waals surface area (Å²) in [5, 5.41) is 11.7. The van der Waals surface area contributed by atoms with E-state index in [1.807, 2.05) is 69.7 Å². The average Bonchev–Trinajstić information content (AvgIpc) is 3.06. The number of rotatable bonds is 2. The Labute approximate surface area is 125 Å². The van der Waals surface area contributed by atoms with Crippen LogP contribution in [0.25, 0.3) is 22.9 Å². The van der Waals surface area contributed by atoms with Crippen LogP contribution in [0, 0.1) is 4.77 Å². The van der Waals surface area contributed by atoms with Crippen LogP contribution in [0.5, 0.6) is 0 Å². The van der Waals surface area contributed by atoms with Crippen LogP contribution in [0.3, 0.4) is 0 Å². The van der Waals surface area contributed by atoms with Crippen LogP contribution in [0.4, 0.5) is 0 Å². The predicted octanol–water partition coefficient (Wildman–Crippen LogP) is 3.24. The van der Waals surface area contributed by atoms with Crippen molar-refractivity contribution in [1.29, 1.82) is 0 Å². The first-order valence-electron chi connectivity index (χ1n) is 6.51. The zero-order valence-electron chi connectivity index (χ0n) is 11.0. The Morgan fingerprint density at radius 1 is 0.857 bits per heavy atom. The van der Waals surface area contributed by atoms with Crippen molar-refractivity contribution in [2.75, 3.05) is 0 Å². The molecule has 4 aromatic rings. The van der Waals surface area contributed by atoms with E-state index >= 15 is 0 Å². The number of nitrogens with one attached hydrogen (secondary N) is 1. The van der Waals surface area contributed by atoms with Gasteiger partial charge in [-0.1, -0.05) is 48.5 Å². The van der Waals surface area contributed by atoms with Crippen LogP contribution in [0.15, 0.2) is 60.7 Å². The summed E-state index contributed by atoms with van der Waals surface area (Å²) in [6, 6.07) is 19.8. The van der Waals surface area contributed by atoms with Gasteiger partial charge in [-0.2, -0.15) is 4.52 Å². The third kappa shape index (κ3) is 1.88. The molecule has 102 valence electrons. The average molecular weight is 293 g/mol. The van der Waals surface area contributed by atoms with E-state index in [0.29, 0.717) is 10.5 Å². The second kappa shape index (κ2) is 4.68. The molecule has 5 nitrogen and oxygen atoms in total. The summed E-state index contributed by atoms with van der Waals surface area (Å²) in [6.45, 7) is 0. The lowest BCUT2D eigenvalue weighted by molar-refractivity contribution is 0.944. The van der Waals surface area contributed by atoms with Crippen molar-refractivity contribution in [1.82, 2.24) is 24.4 Å². The van der Waals surface area contributed by atoms with Crippen LogP contribution in [-0.2, 0) is 0 Å². The zero-order chi connectivity index (χ0) is 14.2. The van der Waals surface area contributed by atoms with E-state index in [1.54, 1.807) is 0 Å². The molecule has 0 fully saturated rings. The van der Waals surface area contributed by atoms with Crippen molar-refractivity contribution in [3.8, 4) is 17.1 Å². The summed E-state index contributed by atoms with van der Waals surface area (Å²) in [5.41, 5.74) is 1.95. The first kappa shape index (κ1) is 12.0. The Morgan fingerprint density at radius 2 is 1.52 bits per heavy atom. The molecule has 2 heterocycles. The number of aromatic nitrogens is 5. The van der Waals surface area contributed by atoms with E-state index in [1.165, 1.54) is 0 Å². The molecule has 0 atom stereocenters. The number of fused-ring (bicyclic) bond motifs is 1. The minimum Gasteiger partial charge on any atom is -0.264 e. The number of H-pyrrole nitrogens is 1. The molecule has 0 radical (unpaired) electrons. The number of para-hydroxylation sites is 1. The van der Waals surface area contributed by atoms with Gasteiger partial charge in [-0.3, -0.25) is 9.67 Å². The Bertz CT molecular complexity index is 950. The van der Waals surface area contributed by atoms with Crippen molar-refractivity contribution >= 4 is 18.0 Å². The van der Waals surface area contributed by atoms with Gasteiger partial charge in [-0.05, 0) is 24.4 Å². The van der Waals surface area contributed by atoms with Crippen molar-refractivity contribution < 1.29 is 0 Å². The Morgan fingerprint density at radius 3 is 2.24 bits per heavy atom. The summed E-state index contributed by atoms with van der Waals surface area (Å²) in [5.74, 6) is 1.41. The fourth-order valence-corrected chi connectivity index (χ4v) is 2.62. The van der Waals surface area contributed by atoms with E-state index in [2.05, 4.69) is 15.3 Å². The SMILES string of the molecule is S=c1[nH]n2c(-c3ccccc3)nnc2n1-c1ccccc1. The Hall–Kier alpha value is -2.73. The molecule has 1 N–H and O–H groups in total. The quantitative estimate of drug-likeness (QED) is 0.577. The summed E-state index contributed by atoms with van der Waals surface area (Å²) < 4.78 is 4.27. The number of nitrogens with zero attached hydrogens (tertiary/aromatic N) is 4. The molecule has 0 aliphatic rings. The van der Waals surface area contributed by atoms with Gasteiger partial charge >= 0.3 is 0 Å². The van der Waals surface area contributed by atoms with Gasteiger partial charge < -0.3 is 0 Å². The number of aromatic amines is 1. The predicted molar refractivity (Wildman–Crippen MR) is 82.9 cm³/mol. The first-order chi connectivity index (χ1) is 10.3. The molecule has 0 bridgehead atoms. The van der Waals surface area contributed by atoms with Gasteiger partial charge in [0, 0.05) is 5.56 Å². The van der Waals surface area contributed by atoms with Crippen LogP contribution in [0.1, 0.15) is 0 Å².